The number of piperidine rings is 1. The van der Waals surface area contributed by atoms with Crippen molar-refractivity contribution in [1.29, 1.82) is 0 Å². The number of carbonyl (C=O) groups is 1. The van der Waals surface area contributed by atoms with Crippen LogP contribution < -0.4 is 4.74 Å². The molecular weight excluding hydrogens is 328 g/mol. The summed E-state index contributed by atoms with van der Waals surface area (Å²) in [6, 6.07) is 10.0. The standard InChI is InChI=1S/C21H24N2O3/c1-15-4-3-10-22-19(15)20(24)23-11-8-21(9-12-23)18-6-5-17(25-2)14-16(18)7-13-26-21/h3-6,10,14H,7-9,11-13H2,1-2H3. The van der Waals surface area contributed by atoms with Gasteiger partial charge in [-0.2, -0.15) is 0 Å². The zero-order chi connectivity index (χ0) is 18.1. The van der Waals surface area contributed by atoms with Gasteiger partial charge in [0.25, 0.3) is 5.91 Å². The maximum absolute atomic E-state index is 12.8. The van der Waals surface area contributed by atoms with Crippen molar-refractivity contribution >= 4 is 5.91 Å². The molecule has 0 bridgehead atoms. The van der Waals surface area contributed by atoms with E-state index in [9.17, 15) is 4.79 Å². The van der Waals surface area contributed by atoms with Gasteiger partial charge in [-0.15, -0.1) is 0 Å². The summed E-state index contributed by atoms with van der Waals surface area (Å²) >= 11 is 0. The summed E-state index contributed by atoms with van der Waals surface area (Å²) < 4.78 is 11.6. The van der Waals surface area contributed by atoms with Gasteiger partial charge in [0.05, 0.1) is 19.3 Å². The van der Waals surface area contributed by atoms with Crippen LogP contribution in [0.2, 0.25) is 0 Å². The van der Waals surface area contributed by atoms with Gasteiger partial charge in [-0.25, -0.2) is 0 Å². The second kappa shape index (κ2) is 6.72. The number of likely N-dealkylation sites (tertiary alicyclic amines) is 1. The normalized spacial score (nSPS) is 18.5. The number of aromatic nitrogens is 1. The summed E-state index contributed by atoms with van der Waals surface area (Å²) in [4.78, 5) is 19.0. The number of fused-ring (bicyclic) bond motifs is 2. The lowest BCUT2D eigenvalue weighted by Crippen LogP contribution is -2.48. The molecule has 1 fully saturated rings. The number of rotatable bonds is 2. The summed E-state index contributed by atoms with van der Waals surface area (Å²) in [6.45, 7) is 4.01. The van der Waals surface area contributed by atoms with E-state index in [0.717, 1.165) is 30.6 Å². The maximum Gasteiger partial charge on any atom is 0.272 e. The molecule has 0 atom stereocenters. The molecule has 5 heteroatoms. The van der Waals surface area contributed by atoms with E-state index in [1.54, 1.807) is 13.3 Å². The molecule has 3 heterocycles. The highest BCUT2D eigenvalue weighted by atomic mass is 16.5. The van der Waals surface area contributed by atoms with Gasteiger partial charge in [-0.3, -0.25) is 9.78 Å². The lowest BCUT2D eigenvalue weighted by molar-refractivity contribution is -0.0935. The summed E-state index contributed by atoms with van der Waals surface area (Å²) in [6.07, 6.45) is 4.21. The van der Waals surface area contributed by atoms with E-state index >= 15 is 0 Å². The Morgan fingerprint density at radius 1 is 1.27 bits per heavy atom. The molecule has 0 unspecified atom stereocenters. The van der Waals surface area contributed by atoms with Crippen molar-refractivity contribution in [1.82, 2.24) is 9.88 Å². The van der Waals surface area contributed by atoms with Crippen LogP contribution in [-0.4, -0.2) is 42.6 Å². The van der Waals surface area contributed by atoms with Gasteiger partial charge in [-0.05, 0) is 61.1 Å². The smallest absolute Gasteiger partial charge is 0.272 e. The van der Waals surface area contributed by atoms with Crippen LogP contribution >= 0.6 is 0 Å². The summed E-state index contributed by atoms with van der Waals surface area (Å²) in [5, 5.41) is 0. The minimum absolute atomic E-state index is 0.0173. The predicted octanol–water partition coefficient (Wildman–Crippen LogP) is 3.10. The molecule has 5 nitrogen and oxygen atoms in total. The molecule has 0 saturated carbocycles. The Bertz CT molecular complexity index is 826. The molecule has 1 amide bonds. The molecular formula is C21H24N2O3. The first-order valence-corrected chi connectivity index (χ1v) is 9.15. The zero-order valence-electron chi connectivity index (χ0n) is 15.3. The van der Waals surface area contributed by atoms with Crippen LogP contribution in [0.1, 0.15) is 40.0 Å². The lowest BCUT2D eigenvalue weighted by atomic mass is 9.79. The number of carbonyl (C=O) groups excluding carboxylic acids is 1. The lowest BCUT2D eigenvalue weighted by Gasteiger charge is -2.45. The Balaban J connectivity index is 1.54. The van der Waals surface area contributed by atoms with Crippen LogP contribution in [-0.2, 0) is 16.8 Å². The summed E-state index contributed by atoms with van der Waals surface area (Å²) in [7, 11) is 1.69. The number of pyridine rings is 1. The SMILES string of the molecule is COc1ccc2c(c1)CCOC21CCN(C(=O)c2ncccc2C)CC1. The molecule has 2 aliphatic rings. The third-order valence-corrected chi connectivity index (χ3v) is 5.62. The van der Waals surface area contributed by atoms with Crippen molar-refractivity contribution in [3.8, 4) is 5.75 Å². The first-order chi connectivity index (χ1) is 12.6. The van der Waals surface area contributed by atoms with E-state index < -0.39 is 0 Å². The highest BCUT2D eigenvalue weighted by molar-refractivity contribution is 5.93. The van der Waals surface area contributed by atoms with Gasteiger partial charge in [-0.1, -0.05) is 12.1 Å². The van der Waals surface area contributed by atoms with E-state index in [1.807, 2.05) is 30.0 Å². The van der Waals surface area contributed by atoms with E-state index in [4.69, 9.17) is 9.47 Å². The van der Waals surface area contributed by atoms with Crippen molar-refractivity contribution in [3.05, 3.63) is 58.9 Å². The topological polar surface area (TPSA) is 51.7 Å². The average molecular weight is 352 g/mol. The van der Waals surface area contributed by atoms with Crippen LogP contribution in [0.25, 0.3) is 0 Å². The number of amides is 1. The van der Waals surface area contributed by atoms with Crippen LogP contribution in [0.3, 0.4) is 0 Å². The second-order valence-electron chi connectivity index (χ2n) is 7.08. The third-order valence-electron chi connectivity index (χ3n) is 5.62. The Kier molecular flexibility index (Phi) is 4.41. The molecule has 2 aromatic rings. The van der Waals surface area contributed by atoms with Crippen molar-refractivity contribution in [2.75, 3.05) is 26.8 Å². The van der Waals surface area contributed by atoms with Crippen LogP contribution in [0, 0.1) is 6.92 Å². The monoisotopic (exact) mass is 352 g/mol. The van der Waals surface area contributed by atoms with Gasteiger partial charge < -0.3 is 14.4 Å². The Morgan fingerprint density at radius 3 is 2.81 bits per heavy atom. The molecule has 1 aromatic heterocycles. The quantitative estimate of drug-likeness (QED) is 0.833. The highest BCUT2D eigenvalue weighted by Gasteiger charge is 2.42. The molecule has 136 valence electrons. The maximum atomic E-state index is 12.8. The van der Waals surface area contributed by atoms with Crippen LogP contribution in [0.5, 0.6) is 5.75 Å². The largest absolute Gasteiger partial charge is 0.497 e. The van der Waals surface area contributed by atoms with Gasteiger partial charge in [0, 0.05) is 19.3 Å². The molecule has 1 saturated heterocycles. The van der Waals surface area contributed by atoms with Crippen LogP contribution in [0.4, 0.5) is 0 Å². The predicted molar refractivity (Wildman–Crippen MR) is 98.4 cm³/mol. The average Bonchev–Trinajstić information content (AvgIpc) is 2.68. The number of hydrogen-bond donors (Lipinski definition) is 0. The third kappa shape index (κ3) is 2.86. The Morgan fingerprint density at radius 2 is 2.08 bits per heavy atom. The molecule has 26 heavy (non-hydrogen) atoms. The molecule has 0 radical (unpaired) electrons. The molecule has 4 rings (SSSR count). The van der Waals surface area contributed by atoms with Gasteiger partial charge in [0.15, 0.2) is 0 Å². The minimum atomic E-state index is -0.282. The Hall–Kier alpha value is -2.40. The summed E-state index contributed by atoms with van der Waals surface area (Å²) in [5.74, 6) is 0.905. The van der Waals surface area contributed by atoms with E-state index in [0.29, 0.717) is 25.4 Å². The molecule has 1 aromatic carbocycles. The number of nitrogens with zero attached hydrogens (tertiary/aromatic N) is 2. The highest BCUT2D eigenvalue weighted by Crippen LogP contribution is 2.42. The zero-order valence-corrected chi connectivity index (χ0v) is 15.3. The van der Waals surface area contributed by atoms with E-state index in [-0.39, 0.29) is 11.5 Å². The van der Waals surface area contributed by atoms with Gasteiger partial charge in [0.2, 0.25) is 0 Å². The van der Waals surface area contributed by atoms with Gasteiger partial charge >= 0.3 is 0 Å². The second-order valence-corrected chi connectivity index (χ2v) is 7.08. The van der Waals surface area contributed by atoms with Crippen molar-refractivity contribution in [2.45, 2.75) is 31.8 Å². The minimum Gasteiger partial charge on any atom is -0.497 e. The van der Waals surface area contributed by atoms with E-state index in [1.165, 1.54) is 11.1 Å². The fourth-order valence-corrected chi connectivity index (χ4v) is 4.13. The fourth-order valence-electron chi connectivity index (χ4n) is 4.13. The number of benzene rings is 1. The van der Waals surface area contributed by atoms with Crippen molar-refractivity contribution in [2.24, 2.45) is 0 Å². The van der Waals surface area contributed by atoms with Crippen molar-refractivity contribution < 1.29 is 14.3 Å². The number of methoxy groups -OCH3 is 1. The number of hydrogen-bond acceptors (Lipinski definition) is 4. The van der Waals surface area contributed by atoms with Crippen molar-refractivity contribution in [3.63, 3.8) is 0 Å². The summed E-state index contributed by atoms with van der Waals surface area (Å²) in [5.41, 5.74) is 3.75. The first kappa shape index (κ1) is 17.0. The first-order valence-electron chi connectivity index (χ1n) is 9.15. The van der Waals surface area contributed by atoms with Gasteiger partial charge in [0.1, 0.15) is 11.4 Å². The van der Waals surface area contributed by atoms with E-state index in [2.05, 4.69) is 17.1 Å². The van der Waals surface area contributed by atoms with Crippen LogP contribution in [0.15, 0.2) is 36.5 Å². The molecule has 0 aliphatic carbocycles. The molecule has 0 N–H and O–H groups in total. The molecule has 2 aliphatic heterocycles. The number of aryl methyl sites for hydroxylation is 1. The number of ether oxygens (including phenoxy) is 2. The Labute approximate surface area is 153 Å². The fraction of sp³-hybridized carbons (Fsp3) is 0.429. The molecule has 1 spiro atoms.